The third-order valence-corrected chi connectivity index (χ3v) is 5.16. The average molecular weight is 391 g/mol. The normalized spacial score (nSPS) is 16.6. The number of benzene rings is 1. The number of nitrogens with zero attached hydrogens (tertiary/aromatic N) is 1. The van der Waals surface area contributed by atoms with Crippen molar-refractivity contribution < 1.29 is 18.7 Å². The van der Waals surface area contributed by atoms with Crippen LogP contribution in [0.25, 0.3) is 0 Å². The van der Waals surface area contributed by atoms with Gasteiger partial charge in [0, 0.05) is 19.7 Å². The Bertz CT molecular complexity index is 805. The zero-order chi connectivity index (χ0) is 19.2. The van der Waals surface area contributed by atoms with Gasteiger partial charge in [-0.05, 0) is 42.0 Å². The van der Waals surface area contributed by atoms with Gasteiger partial charge in [0.25, 0.3) is 5.91 Å². The highest BCUT2D eigenvalue weighted by Gasteiger charge is 2.22. The molecule has 2 heterocycles. The van der Waals surface area contributed by atoms with E-state index < -0.39 is 5.91 Å². The van der Waals surface area contributed by atoms with Gasteiger partial charge in [0.05, 0.1) is 18.2 Å². The van der Waals surface area contributed by atoms with Crippen LogP contribution in [-0.2, 0) is 16.1 Å². The summed E-state index contributed by atoms with van der Waals surface area (Å²) in [6, 6.07) is 7.92. The molecule has 1 aliphatic rings. The molecule has 0 bridgehead atoms. The smallest absolute Gasteiger partial charge is 0.251 e. The number of carbonyl (C=O) groups excluding carboxylic acids is 2. The molecule has 144 valence electrons. The SMILES string of the molecule is NC(=O)c1ccsc1NC(=O)CN(Cc1cccc(F)c1)CC1CCCO1. The predicted octanol–water partition coefficient (Wildman–Crippen LogP) is 2.61. The molecule has 27 heavy (non-hydrogen) atoms. The second kappa shape index (κ2) is 9.07. The Kier molecular flexibility index (Phi) is 6.54. The van der Waals surface area contributed by atoms with Crippen LogP contribution < -0.4 is 11.1 Å². The lowest BCUT2D eigenvalue weighted by Crippen LogP contribution is -2.38. The summed E-state index contributed by atoms with van der Waals surface area (Å²) in [6.07, 6.45) is 2.01. The molecule has 0 saturated carbocycles. The summed E-state index contributed by atoms with van der Waals surface area (Å²) in [7, 11) is 0. The molecule has 1 aliphatic heterocycles. The first kappa shape index (κ1) is 19.5. The molecule has 0 aliphatic carbocycles. The van der Waals surface area contributed by atoms with Crippen LogP contribution >= 0.6 is 11.3 Å². The molecular weight excluding hydrogens is 369 g/mol. The van der Waals surface area contributed by atoms with Crippen molar-refractivity contribution in [3.63, 3.8) is 0 Å². The lowest BCUT2D eigenvalue weighted by Gasteiger charge is -2.24. The van der Waals surface area contributed by atoms with Crippen molar-refractivity contribution in [3.8, 4) is 0 Å². The summed E-state index contributed by atoms with van der Waals surface area (Å²) in [4.78, 5) is 25.8. The third-order valence-electron chi connectivity index (χ3n) is 4.33. The molecule has 1 aromatic carbocycles. The van der Waals surface area contributed by atoms with E-state index in [1.807, 2.05) is 11.0 Å². The number of amides is 2. The van der Waals surface area contributed by atoms with Gasteiger partial charge in [0.1, 0.15) is 10.8 Å². The summed E-state index contributed by atoms with van der Waals surface area (Å²) < 4.78 is 19.2. The number of primary amides is 1. The fourth-order valence-electron chi connectivity index (χ4n) is 3.12. The van der Waals surface area contributed by atoms with Gasteiger partial charge in [-0.15, -0.1) is 11.3 Å². The number of ether oxygens (including phenoxy) is 1. The standard InChI is InChI=1S/C19H22FN3O3S/c20-14-4-1-3-13(9-14)10-23(11-15-5-2-7-26-15)12-17(24)22-19-16(18(21)25)6-8-27-19/h1,3-4,6,8-9,15H,2,5,7,10-12H2,(H2,21,25)(H,22,24). The maximum absolute atomic E-state index is 13.5. The van der Waals surface area contributed by atoms with Crippen LogP contribution in [0.4, 0.5) is 9.39 Å². The fraction of sp³-hybridized carbons (Fsp3) is 0.368. The molecule has 0 radical (unpaired) electrons. The van der Waals surface area contributed by atoms with Crippen molar-refractivity contribution in [2.75, 3.05) is 25.0 Å². The maximum atomic E-state index is 13.5. The number of rotatable bonds is 8. The lowest BCUT2D eigenvalue weighted by molar-refractivity contribution is -0.117. The zero-order valence-corrected chi connectivity index (χ0v) is 15.6. The third kappa shape index (κ3) is 5.59. The highest BCUT2D eigenvalue weighted by atomic mass is 32.1. The molecule has 0 spiro atoms. The van der Waals surface area contributed by atoms with Crippen molar-refractivity contribution in [1.82, 2.24) is 4.90 Å². The van der Waals surface area contributed by atoms with Crippen LogP contribution in [0.5, 0.6) is 0 Å². The summed E-state index contributed by atoms with van der Waals surface area (Å²) >= 11 is 1.25. The Morgan fingerprint density at radius 2 is 2.22 bits per heavy atom. The molecule has 6 nitrogen and oxygen atoms in total. The van der Waals surface area contributed by atoms with E-state index in [0.717, 1.165) is 25.0 Å². The minimum absolute atomic E-state index is 0.0641. The molecule has 1 unspecified atom stereocenters. The van der Waals surface area contributed by atoms with Crippen LogP contribution in [0.3, 0.4) is 0 Å². The summed E-state index contributed by atoms with van der Waals surface area (Å²) in [5.74, 6) is -1.14. The van der Waals surface area contributed by atoms with Gasteiger partial charge in [-0.2, -0.15) is 0 Å². The van der Waals surface area contributed by atoms with Gasteiger partial charge >= 0.3 is 0 Å². The summed E-state index contributed by atoms with van der Waals surface area (Å²) in [5.41, 5.74) is 6.40. The number of thiophene rings is 1. The largest absolute Gasteiger partial charge is 0.377 e. The highest BCUT2D eigenvalue weighted by molar-refractivity contribution is 7.14. The molecule has 2 amide bonds. The van der Waals surface area contributed by atoms with Gasteiger partial charge in [-0.3, -0.25) is 14.5 Å². The molecule has 3 rings (SSSR count). The van der Waals surface area contributed by atoms with Crippen molar-refractivity contribution in [3.05, 3.63) is 52.7 Å². The van der Waals surface area contributed by atoms with E-state index in [1.165, 1.54) is 23.5 Å². The topological polar surface area (TPSA) is 84.7 Å². The molecular formula is C19H22FN3O3S. The molecule has 2 aromatic rings. The molecule has 3 N–H and O–H groups in total. The first-order valence-electron chi connectivity index (χ1n) is 8.77. The van der Waals surface area contributed by atoms with Gasteiger partial charge < -0.3 is 15.8 Å². The summed E-state index contributed by atoms with van der Waals surface area (Å²) in [5, 5.41) is 4.89. The molecule has 1 saturated heterocycles. The number of halogens is 1. The van der Waals surface area contributed by atoms with Gasteiger partial charge in [0.15, 0.2) is 0 Å². The monoisotopic (exact) mass is 391 g/mol. The van der Waals surface area contributed by atoms with Crippen LogP contribution in [0.1, 0.15) is 28.8 Å². The molecule has 1 aromatic heterocycles. The summed E-state index contributed by atoms with van der Waals surface area (Å²) in [6.45, 7) is 1.84. The maximum Gasteiger partial charge on any atom is 0.251 e. The van der Waals surface area contributed by atoms with Crippen molar-refractivity contribution in [1.29, 1.82) is 0 Å². The first-order valence-corrected chi connectivity index (χ1v) is 9.65. The van der Waals surface area contributed by atoms with Gasteiger partial charge in [-0.25, -0.2) is 4.39 Å². The van der Waals surface area contributed by atoms with E-state index in [4.69, 9.17) is 10.5 Å². The van der Waals surface area contributed by atoms with E-state index in [-0.39, 0.29) is 24.4 Å². The van der Waals surface area contributed by atoms with Crippen molar-refractivity contribution in [2.24, 2.45) is 5.73 Å². The number of nitrogens with two attached hydrogens (primary N) is 1. The second-order valence-corrected chi connectivity index (χ2v) is 7.43. The minimum Gasteiger partial charge on any atom is -0.377 e. The first-order chi connectivity index (χ1) is 13.0. The van der Waals surface area contributed by atoms with Gasteiger partial charge in [-0.1, -0.05) is 12.1 Å². The lowest BCUT2D eigenvalue weighted by atomic mass is 10.1. The van der Waals surface area contributed by atoms with Crippen molar-refractivity contribution in [2.45, 2.75) is 25.5 Å². The fourth-order valence-corrected chi connectivity index (χ4v) is 3.93. The zero-order valence-electron chi connectivity index (χ0n) is 14.8. The van der Waals surface area contributed by atoms with Crippen LogP contribution in [0.2, 0.25) is 0 Å². The van der Waals surface area contributed by atoms with Crippen LogP contribution in [0, 0.1) is 5.82 Å². The van der Waals surface area contributed by atoms with E-state index >= 15 is 0 Å². The second-order valence-electron chi connectivity index (χ2n) is 6.51. The Labute approximate surface area is 161 Å². The predicted molar refractivity (Wildman–Crippen MR) is 102 cm³/mol. The Morgan fingerprint density at radius 3 is 2.93 bits per heavy atom. The Morgan fingerprint density at radius 1 is 1.37 bits per heavy atom. The number of hydrogen-bond acceptors (Lipinski definition) is 5. The average Bonchev–Trinajstić information content (AvgIpc) is 3.26. The van der Waals surface area contributed by atoms with E-state index in [9.17, 15) is 14.0 Å². The van der Waals surface area contributed by atoms with Crippen LogP contribution in [-0.4, -0.2) is 42.5 Å². The quantitative estimate of drug-likeness (QED) is 0.724. The minimum atomic E-state index is -0.581. The number of nitrogens with one attached hydrogen (secondary N) is 1. The number of hydrogen-bond donors (Lipinski definition) is 2. The highest BCUT2D eigenvalue weighted by Crippen LogP contribution is 2.23. The Balaban J connectivity index is 1.66. The molecule has 1 atom stereocenters. The molecule has 1 fully saturated rings. The Hall–Kier alpha value is -2.29. The van der Waals surface area contributed by atoms with E-state index in [2.05, 4.69) is 5.32 Å². The number of carbonyl (C=O) groups is 2. The van der Waals surface area contributed by atoms with E-state index in [0.29, 0.717) is 23.7 Å². The van der Waals surface area contributed by atoms with Gasteiger partial charge in [0.2, 0.25) is 5.91 Å². The molecule has 8 heteroatoms. The van der Waals surface area contributed by atoms with Crippen LogP contribution in [0.15, 0.2) is 35.7 Å². The van der Waals surface area contributed by atoms with Crippen molar-refractivity contribution >= 4 is 28.2 Å². The van der Waals surface area contributed by atoms with E-state index in [1.54, 1.807) is 17.5 Å². The number of anilines is 1.